The molecule has 1 saturated heterocycles. The van der Waals surface area contributed by atoms with E-state index >= 15 is 0 Å². The predicted molar refractivity (Wildman–Crippen MR) is 127 cm³/mol. The van der Waals surface area contributed by atoms with E-state index in [0.717, 1.165) is 39.8 Å². The number of para-hydroxylation sites is 1. The van der Waals surface area contributed by atoms with Gasteiger partial charge in [0, 0.05) is 38.4 Å². The molecular formula is C24H26N6O2S. The predicted octanol–water partition coefficient (Wildman–Crippen LogP) is 5.11. The van der Waals surface area contributed by atoms with Crippen LogP contribution in [0, 0.1) is 0 Å². The summed E-state index contributed by atoms with van der Waals surface area (Å²) in [5.74, 6) is 2.25. The number of anilines is 1. The maximum absolute atomic E-state index is 6.22. The third-order valence-electron chi connectivity index (χ3n) is 6.13. The molecule has 2 aliphatic rings. The molecule has 1 aromatic carbocycles. The molecule has 0 amide bonds. The van der Waals surface area contributed by atoms with Crippen LogP contribution in [0.5, 0.6) is 11.6 Å². The quantitative estimate of drug-likeness (QED) is 0.394. The van der Waals surface area contributed by atoms with Crippen LogP contribution in [0.3, 0.4) is 0 Å². The number of rotatable bonds is 6. The SMILES string of the molecule is CN(C)c1nc2nc([C@H]3CCO[C@@H](c4cnn(C5CC5)c4)C3)nc(Oc3ccccc3)c2s1. The van der Waals surface area contributed by atoms with Crippen LogP contribution < -0.4 is 9.64 Å². The van der Waals surface area contributed by atoms with E-state index in [-0.39, 0.29) is 12.0 Å². The highest BCUT2D eigenvalue weighted by Crippen LogP contribution is 2.41. The molecular weight excluding hydrogens is 436 g/mol. The van der Waals surface area contributed by atoms with Gasteiger partial charge < -0.3 is 14.4 Å². The molecule has 2 fully saturated rings. The molecule has 33 heavy (non-hydrogen) atoms. The maximum Gasteiger partial charge on any atom is 0.242 e. The van der Waals surface area contributed by atoms with Gasteiger partial charge in [0.15, 0.2) is 10.8 Å². The lowest BCUT2D eigenvalue weighted by Crippen LogP contribution is -2.20. The van der Waals surface area contributed by atoms with Crippen LogP contribution in [-0.2, 0) is 4.74 Å². The number of hydrogen-bond donors (Lipinski definition) is 0. The molecule has 9 heteroatoms. The van der Waals surface area contributed by atoms with E-state index < -0.39 is 0 Å². The van der Waals surface area contributed by atoms with Crippen LogP contribution in [0.4, 0.5) is 5.13 Å². The summed E-state index contributed by atoms with van der Waals surface area (Å²) in [7, 11) is 3.96. The smallest absolute Gasteiger partial charge is 0.242 e. The molecule has 1 aliphatic heterocycles. The zero-order chi connectivity index (χ0) is 22.4. The average molecular weight is 463 g/mol. The molecule has 6 rings (SSSR count). The summed E-state index contributed by atoms with van der Waals surface area (Å²) in [6.07, 6.45) is 8.21. The molecule has 4 aromatic rings. The van der Waals surface area contributed by atoms with Crippen LogP contribution in [0.25, 0.3) is 10.3 Å². The highest BCUT2D eigenvalue weighted by atomic mass is 32.1. The minimum absolute atomic E-state index is 0.00167. The number of nitrogens with zero attached hydrogens (tertiary/aromatic N) is 6. The Bertz CT molecular complexity index is 1270. The summed E-state index contributed by atoms with van der Waals surface area (Å²) in [4.78, 5) is 16.5. The Balaban J connectivity index is 1.33. The lowest BCUT2D eigenvalue weighted by molar-refractivity contribution is 0.00389. The van der Waals surface area contributed by atoms with Crippen LogP contribution >= 0.6 is 11.3 Å². The standard InChI is InChI=1S/C24H26N6O2S/c1-29(2)24-28-22-20(33-24)23(32-18-6-4-3-5-7-18)27-21(26-22)15-10-11-31-19(12-15)16-13-25-30(14-16)17-8-9-17/h3-7,13-15,17,19H,8-12H2,1-2H3/t15-,19+/m0/s1. The van der Waals surface area contributed by atoms with Gasteiger partial charge in [-0.15, -0.1) is 0 Å². The second kappa shape index (κ2) is 8.39. The highest BCUT2D eigenvalue weighted by Gasteiger charge is 2.31. The first-order chi connectivity index (χ1) is 16.1. The molecule has 1 aliphatic carbocycles. The highest BCUT2D eigenvalue weighted by molar-refractivity contribution is 7.22. The van der Waals surface area contributed by atoms with Gasteiger partial charge in [-0.1, -0.05) is 29.5 Å². The van der Waals surface area contributed by atoms with Gasteiger partial charge >= 0.3 is 0 Å². The summed E-state index contributed by atoms with van der Waals surface area (Å²) in [6, 6.07) is 10.3. The third-order valence-corrected chi connectivity index (χ3v) is 7.33. The molecule has 0 spiro atoms. The van der Waals surface area contributed by atoms with Gasteiger partial charge in [0.2, 0.25) is 5.88 Å². The minimum atomic E-state index is 0.00167. The molecule has 2 atom stereocenters. The topological polar surface area (TPSA) is 78.2 Å². The molecule has 8 nitrogen and oxygen atoms in total. The van der Waals surface area contributed by atoms with Gasteiger partial charge in [-0.2, -0.15) is 15.1 Å². The van der Waals surface area contributed by atoms with Crippen LogP contribution in [0.2, 0.25) is 0 Å². The van der Waals surface area contributed by atoms with Gasteiger partial charge in [0.25, 0.3) is 0 Å². The number of aromatic nitrogens is 5. The number of hydrogen-bond acceptors (Lipinski definition) is 8. The second-order valence-corrected chi connectivity index (χ2v) is 9.89. The lowest BCUT2D eigenvalue weighted by Gasteiger charge is -2.28. The summed E-state index contributed by atoms with van der Waals surface area (Å²) >= 11 is 1.54. The van der Waals surface area contributed by atoms with Crippen molar-refractivity contribution in [3.8, 4) is 11.6 Å². The first-order valence-corrected chi connectivity index (χ1v) is 12.2. The average Bonchev–Trinajstić information content (AvgIpc) is 3.39. The summed E-state index contributed by atoms with van der Waals surface area (Å²) < 4.78 is 15.3. The normalized spacial score (nSPS) is 20.8. The first kappa shape index (κ1) is 20.6. The third kappa shape index (κ3) is 4.18. The Labute approximate surface area is 196 Å². The van der Waals surface area contributed by atoms with E-state index in [9.17, 15) is 0 Å². The van der Waals surface area contributed by atoms with Gasteiger partial charge in [0.1, 0.15) is 16.3 Å². The van der Waals surface area contributed by atoms with Crippen molar-refractivity contribution in [3.63, 3.8) is 0 Å². The van der Waals surface area contributed by atoms with Crippen molar-refractivity contribution in [1.82, 2.24) is 24.7 Å². The summed E-state index contributed by atoms with van der Waals surface area (Å²) in [5.41, 5.74) is 1.82. The van der Waals surface area contributed by atoms with Crippen molar-refractivity contribution in [1.29, 1.82) is 0 Å². The fourth-order valence-electron chi connectivity index (χ4n) is 4.17. The van der Waals surface area contributed by atoms with Gasteiger partial charge in [0.05, 0.1) is 18.3 Å². The Morgan fingerprint density at radius 3 is 2.73 bits per heavy atom. The molecule has 3 aromatic heterocycles. The molecule has 0 radical (unpaired) electrons. The summed E-state index contributed by atoms with van der Waals surface area (Å²) in [5, 5.41) is 5.43. The number of fused-ring (bicyclic) bond motifs is 1. The second-order valence-electron chi connectivity index (χ2n) is 8.91. The van der Waals surface area contributed by atoms with E-state index in [0.29, 0.717) is 24.2 Å². The van der Waals surface area contributed by atoms with E-state index in [4.69, 9.17) is 24.4 Å². The van der Waals surface area contributed by atoms with Gasteiger partial charge in [-0.05, 0) is 37.8 Å². The molecule has 4 heterocycles. The van der Waals surface area contributed by atoms with Crippen molar-refractivity contribution < 1.29 is 9.47 Å². The Morgan fingerprint density at radius 1 is 1.09 bits per heavy atom. The largest absolute Gasteiger partial charge is 0.437 e. The van der Waals surface area contributed by atoms with Crippen molar-refractivity contribution in [3.05, 3.63) is 54.1 Å². The molecule has 1 saturated carbocycles. The Hall–Kier alpha value is -3.04. The van der Waals surface area contributed by atoms with E-state index in [2.05, 4.69) is 16.0 Å². The van der Waals surface area contributed by atoms with Gasteiger partial charge in [-0.3, -0.25) is 4.68 Å². The minimum Gasteiger partial charge on any atom is -0.437 e. The molecule has 170 valence electrons. The van der Waals surface area contributed by atoms with Crippen LogP contribution in [0.15, 0.2) is 42.7 Å². The summed E-state index contributed by atoms with van der Waals surface area (Å²) in [6.45, 7) is 0.667. The maximum atomic E-state index is 6.22. The number of benzene rings is 1. The van der Waals surface area contributed by atoms with Crippen LogP contribution in [-0.4, -0.2) is 45.4 Å². The number of thiazole rings is 1. The fraction of sp³-hybridized carbons (Fsp3) is 0.417. The van der Waals surface area contributed by atoms with Crippen molar-refractivity contribution in [2.45, 2.75) is 43.7 Å². The van der Waals surface area contributed by atoms with Gasteiger partial charge in [-0.25, -0.2) is 4.98 Å². The van der Waals surface area contributed by atoms with Crippen molar-refractivity contribution >= 4 is 26.8 Å². The monoisotopic (exact) mass is 462 g/mol. The molecule has 0 N–H and O–H groups in total. The van der Waals surface area contributed by atoms with E-state index in [1.54, 1.807) is 11.3 Å². The zero-order valence-electron chi connectivity index (χ0n) is 18.7. The zero-order valence-corrected chi connectivity index (χ0v) is 19.5. The van der Waals surface area contributed by atoms with Crippen LogP contribution in [0.1, 0.15) is 55.1 Å². The first-order valence-electron chi connectivity index (χ1n) is 11.4. The van der Waals surface area contributed by atoms with E-state index in [1.807, 2.05) is 55.5 Å². The van der Waals surface area contributed by atoms with Crippen molar-refractivity contribution in [2.75, 3.05) is 25.6 Å². The molecule has 0 unspecified atom stereocenters. The molecule has 0 bridgehead atoms. The Kier molecular flexibility index (Phi) is 5.22. The fourth-order valence-corrected chi connectivity index (χ4v) is 5.02. The Morgan fingerprint density at radius 2 is 1.94 bits per heavy atom. The lowest BCUT2D eigenvalue weighted by atomic mass is 9.92. The van der Waals surface area contributed by atoms with Crippen molar-refractivity contribution in [2.24, 2.45) is 0 Å². The van der Waals surface area contributed by atoms with E-state index in [1.165, 1.54) is 12.8 Å². The number of ether oxygens (including phenoxy) is 2.